The summed E-state index contributed by atoms with van der Waals surface area (Å²) in [5, 5.41) is 0. The van der Waals surface area contributed by atoms with Crippen molar-refractivity contribution in [3.05, 3.63) is 46.2 Å². The van der Waals surface area contributed by atoms with E-state index in [1.807, 2.05) is 17.4 Å². The highest BCUT2D eigenvalue weighted by atomic mass is 32.1. The highest BCUT2D eigenvalue weighted by molar-refractivity contribution is 7.12. The number of anilines is 1. The number of likely N-dealkylation sites (N-methyl/N-ethyl adjacent to an activating group) is 1. The molecule has 0 aliphatic carbocycles. The third-order valence-corrected chi connectivity index (χ3v) is 5.94. The number of benzene rings is 1. The van der Waals surface area contributed by atoms with Crippen molar-refractivity contribution in [3.8, 4) is 5.75 Å². The predicted molar refractivity (Wildman–Crippen MR) is 115 cm³/mol. The zero-order valence-corrected chi connectivity index (χ0v) is 17.6. The lowest BCUT2D eigenvalue weighted by Gasteiger charge is -2.23. The molecule has 0 amide bonds. The standard InChI is InChI=1S/C22H34N2OS/c1-5-8-15-23(6-2)16-14-21-12-13-22(26-21)18-24(7-3)19-10-9-11-20(17-19)25-4/h9-13,17H,5-8,14-16,18H2,1-4H3. The van der Waals surface area contributed by atoms with Gasteiger partial charge in [0.05, 0.1) is 13.7 Å². The number of nitrogens with zero attached hydrogens (tertiary/aromatic N) is 2. The summed E-state index contributed by atoms with van der Waals surface area (Å²) in [4.78, 5) is 7.90. The third-order valence-electron chi connectivity index (χ3n) is 4.81. The van der Waals surface area contributed by atoms with Crippen LogP contribution in [0.1, 0.15) is 43.4 Å². The quantitative estimate of drug-likeness (QED) is 0.491. The second kappa shape index (κ2) is 11.2. The van der Waals surface area contributed by atoms with Gasteiger partial charge in [0.15, 0.2) is 0 Å². The van der Waals surface area contributed by atoms with Crippen LogP contribution in [0.15, 0.2) is 36.4 Å². The summed E-state index contributed by atoms with van der Waals surface area (Å²) in [5.74, 6) is 0.916. The Morgan fingerprint density at radius 1 is 0.962 bits per heavy atom. The summed E-state index contributed by atoms with van der Waals surface area (Å²) >= 11 is 1.96. The fraction of sp³-hybridized carbons (Fsp3) is 0.545. The van der Waals surface area contributed by atoms with E-state index in [-0.39, 0.29) is 0 Å². The Kier molecular flexibility index (Phi) is 8.99. The van der Waals surface area contributed by atoms with E-state index in [1.54, 1.807) is 7.11 Å². The minimum absolute atomic E-state index is 0.916. The lowest BCUT2D eigenvalue weighted by molar-refractivity contribution is 0.287. The Hall–Kier alpha value is -1.52. The van der Waals surface area contributed by atoms with E-state index in [4.69, 9.17) is 4.74 Å². The molecule has 2 aromatic rings. The molecule has 1 heterocycles. The molecule has 0 fully saturated rings. The van der Waals surface area contributed by atoms with Crippen LogP contribution in [0, 0.1) is 0 Å². The van der Waals surface area contributed by atoms with Crippen molar-refractivity contribution < 1.29 is 4.74 Å². The topological polar surface area (TPSA) is 15.7 Å². The summed E-state index contributed by atoms with van der Waals surface area (Å²) in [6.45, 7) is 12.2. The van der Waals surface area contributed by atoms with Gasteiger partial charge in [0.2, 0.25) is 0 Å². The van der Waals surface area contributed by atoms with Gasteiger partial charge < -0.3 is 14.5 Å². The van der Waals surface area contributed by atoms with Crippen LogP contribution in [0.4, 0.5) is 5.69 Å². The minimum atomic E-state index is 0.916. The van der Waals surface area contributed by atoms with Crippen molar-refractivity contribution >= 4 is 17.0 Å². The molecule has 0 saturated heterocycles. The number of methoxy groups -OCH3 is 1. The van der Waals surface area contributed by atoms with Gasteiger partial charge in [0.1, 0.15) is 5.75 Å². The zero-order chi connectivity index (χ0) is 18.8. The average Bonchev–Trinajstić information content (AvgIpc) is 3.13. The number of rotatable bonds is 12. The zero-order valence-electron chi connectivity index (χ0n) is 16.8. The Morgan fingerprint density at radius 2 is 1.77 bits per heavy atom. The third kappa shape index (κ3) is 6.33. The molecule has 0 N–H and O–H groups in total. The Labute approximate surface area is 163 Å². The van der Waals surface area contributed by atoms with Crippen molar-refractivity contribution in [2.45, 2.75) is 46.6 Å². The molecule has 1 aromatic carbocycles. The lowest BCUT2D eigenvalue weighted by atomic mass is 10.2. The van der Waals surface area contributed by atoms with Crippen molar-refractivity contribution in [2.75, 3.05) is 38.2 Å². The van der Waals surface area contributed by atoms with Crippen LogP contribution < -0.4 is 9.64 Å². The Morgan fingerprint density at radius 3 is 2.46 bits per heavy atom. The molecule has 26 heavy (non-hydrogen) atoms. The van der Waals surface area contributed by atoms with Crippen LogP contribution in [0.3, 0.4) is 0 Å². The molecule has 2 rings (SSSR count). The molecule has 0 spiro atoms. The summed E-state index contributed by atoms with van der Waals surface area (Å²) in [7, 11) is 1.72. The van der Waals surface area contributed by atoms with Crippen LogP contribution in [0.2, 0.25) is 0 Å². The molecule has 0 atom stereocenters. The largest absolute Gasteiger partial charge is 0.497 e. The molecule has 144 valence electrons. The number of hydrogen-bond donors (Lipinski definition) is 0. The monoisotopic (exact) mass is 374 g/mol. The van der Waals surface area contributed by atoms with Crippen molar-refractivity contribution in [1.29, 1.82) is 0 Å². The highest BCUT2D eigenvalue weighted by Gasteiger charge is 2.09. The van der Waals surface area contributed by atoms with Crippen LogP contribution in [-0.2, 0) is 13.0 Å². The van der Waals surface area contributed by atoms with Crippen LogP contribution in [0.25, 0.3) is 0 Å². The molecule has 0 aliphatic heterocycles. The second-order valence-corrected chi connectivity index (χ2v) is 7.87. The summed E-state index contributed by atoms with van der Waals surface area (Å²) < 4.78 is 5.37. The average molecular weight is 375 g/mol. The van der Waals surface area contributed by atoms with E-state index in [1.165, 1.54) is 41.4 Å². The van der Waals surface area contributed by atoms with Gasteiger partial charge >= 0.3 is 0 Å². The number of ether oxygens (including phenoxy) is 1. The van der Waals surface area contributed by atoms with Gasteiger partial charge in [-0.15, -0.1) is 11.3 Å². The molecule has 0 saturated carbocycles. The molecule has 0 radical (unpaired) electrons. The lowest BCUT2D eigenvalue weighted by Crippen LogP contribution is -2.26. The van der Waals surface area contributed by atoms with E-state index < -0.39 is 0 Å². The van der Waals surface area contributed by atoms with Gasteiger partial charge in [-0.1, -0.05) is 26.3 Å². The van der Waals surface area contributed by atoms with Gasteiger partial charge in [0.25, 0.3) is 0 Å². The van der Waals surface area contributed by atoms with Gasteiger partial charge in [-0.05, 0) is 57.1 Å². The van der Waals surface area contributed by atoms with Gasteiger partial charge in [-0.2, -0.15) is 0 Å². The first kappa shape index (κ1) is 20.8. The van der Waals surface area contributed by atoms with E-state index in [9.17, 15) is 0 Å². The van der Waals surface area contributed by atoms with E-state index in [0.717, 1.165) is 31.8 Å². The molecule has 4 heteroatoms. The smallest absolute Gasteiger partial charge is 0.120 e. The van der Waals surface area contributed by atoms with E-state index in [2.05, 4.69) is 60.9 Å². The molecule has 1 aromatic heterocycles. The Balaban J connectivity index is 1.93. The number of hydrogen-bond acceptors (Lipinski definition) is 4. The maximum absolute atomic E-state index is 5.37. The molecule has 0 unspecified atom stereocenters. The summed E-state index contributed by atoms with van der Waals surface area (Å²) in [6.07, 6.45) is 3.74. The number of unbranched alkanes of at least 4 members (excludes halogenated alkanes) is 1. The molecular formula is C22H34N2OS. The predicted octanol–water partition coefficient (Wildman–Crippen LogP) is 5.45. The Bertz CT molecular complexity index is 641. The first-order valence-corrected chi connectivity index (χ1v) is 10.7. The summed E-state index contributed by atoms with van der Waals surface area (Å²) in [6, 6.07) is 12.9. The molecule has 0 aliphatic rings. The second-order valence-electron chi connectivity index (χ2n) is 6.62. The van der Waals surface area contributed by atoms with Gasteiger partial charge in [-0.3, -0.25) is 0 Å². The van der Waals surface area contributed by atoms with Crippen molar-refractivity contribution in [2.24, 2.45) is 0 Å². The first-order valence-electron chi connectivity index (χ1n) is 9.89. The normalized spacial score (nSPS) is 11.1. The fourth-order valence-corrected chi connectivity index (χ4v) is 4.12. The van der Waals surface area contributed by atoms with Crippen molar-refractivity contribution in [1.82, 2.24) is 4.90 Å². The fourth-order valence-electron chi connectivity index (χ4n) is 3.10. The van der Waals surface area contributed by atoms with Crippen molar-refractivity contribution in [3.63, 3.8) is 0 Å². The van der Waals surface area contributed by atoms with E-state index in [0.29, 0.717) is 0 Å². The first-order chi connectivity index (χ1) is 12.7. The van der Waals surface area contributed by atoms with Gasteiger partial charge in [0, 0.05) is 34.6 Å². The van der Waals surface area contributed by atoms with Crippen LogP contribution >= 0.6 is 11.3 Å². The molecule has 0 bridgehead atoms. The highest BCUT2D eigenvalue weighted by Crippen LogP contribution is 2.25. The SMILES string of the molecule is CCCCN(CC)CCc1ccc(CN(CC)c2cccc(OC)c2)s1. The number of thiophene rings is 1. The van der Waals surface area contributed by atoms with Gasteiger partial charge in [-0.25, -0.2) is 0 Å². The maximum atomic E-state index is 5.37. The van der Waals surface area contributed by atoms with E-state index >= 15 is 0 Å². The van der Waals surface area contributed by atoms with Crippen LogP contribution in [0.5, 0.6) is 5.75 Å². The minimum Gasteiger partial charge on any atom is -0.497 e. The molecule has 3 nitrogen and oxygen atoms in total. The molecular weight excluding hydrogens is 340 g/mol. The summed E-state index contributed by atoms with van der Waals surface area (Å²) in [5.41, 5.74) is 1.22. The van der Waals surface area contributed by atoms with Crippen LogP contribution in [-0.4, -0.2) is 38.2 Å². The maximum Gasteiger partial charge on any atom is 0.120 e.